The molecule has 3 aliphatic rings. The van der Waals surface area contributed by atoms with E-state index in [-0.39, 0.29) is 0 Å². The van der Waals surface area contributed by atoms with E-state index in [0.717, 1.165) is 42.4 Å². The van der Waals surface area contributed by atoms with Crippen molar-refractivity contribution in [3.8, 4) is 0 Å². The largest absolute Gasteiger partial charge is 0.359 e. The molecule has 2 saturated carbocycles. The van der Waals surface area contributed by atoms with Crippen LogP contribution < -0.4 is 25.3 Å². The van der Waals surface area contributed by atoms with E-state index in [9.17, 15) is 0 Å². The summed E-state index contributed by atoms with van der Waals surface area (Å²) in [6.45, 7) is 0. The van der Waals surface area contributed by atoms with Gasteiger partial charge in [-0.15, -0.1) is 0 Å². The van der Waals surface area contributed by atoms with Crippen LogP contribution in [-0.2, 0) is 4.57 Å². The highest BCUT2D eigenvalue weighted by Gasteiger charge is 2.51. The number of hydrogen-bond donors (Lipinski definition) is 2. The molecular weight excluding hydrogens is 479 g/mol. The van der Waals surface area contributed by atoms with Gasteiger partial charge in [-0.1, -0.05) is 68.9 Å². The van der Waals surface area contributed by atoms with Crippen LogP contribution in [0.1, 0.15) is 64.2 Å². The maximum absolute atomic E-state index is 15.3. The molecule has 1 heterocycles. The Labute approximate surface area is 213 Å². The van der Waals surface area contributed by atoms with Crippen molar-refractivity contribution in [1.29, 1.82) is 0 Å². The SMILES string of the molecule is O=P1(c2ccccc2)N(C(=S)NC2CCCCC2)c2ccccc2N1C(=S)NC1CCCCC1. The fraction of sp³-hybridized carbons (Fsp3) is 0.462. The molecule has 2 aromatic carbocycles. The topological polar surface area (TPSA) is 47.6 Å². The van der Waals surface area contributed by atoms with Crippen molar-refractivity contribution in [2.24, 2.45) is 0 Å². The lowest BCUT2D eigenvalue weighted by Crippen LogP contribution is -2.49. The normalized spacial score (nSPS) is 20.6. The zero-order chi connectivity index (χ0) is 23.5. The Morgan fingerprint density at radius 1 is 0.676 bits per heavy atom. The van der Waals surface area contributed by atoms with Crippen LogP contribution in [0.25, 0.3) is 0 Å². The van der Waals surface area contributed by atoms with Crippen molar-refractivity contribution < 1.29 is 4.57 Å². The van der Waals surface area contributed by atoms with Crippen LogP contribution >= 0.6 is 31.9 Å². The molecular formula is C26H33N4OPS2. The standard InChI is InChI=1S/C26H33N4OPS2/c31-32(22-16-8-3-9-17-22)29(25(33)27-20-12-4-1-5-13-20)23-18-10-11-19-24(23)30(32)26(34)28-21-14-6-2-7-15-21/h3,8-11,16-21H,1-2,4-7,12-15H2,(H,27,33)(H,28,34). The molecule has 0 amide bonds. The smallest absolute Gasteiger partial charge is 0.305 e. The second-order valence-corrected chi connectivity index (χ2v) is 12.7. The first-order valence-electron chi connectivity index (χ1n) is 12.6. The summed E-state index contributed by atoms with van der Waals surface area (Å²) in [5.41, 5.74) is 1.69. The van der Waals surface area contributed by atoms with E-state index in [1.54, 1.807) is 0 Å². The van der Waals surface area contributed by atoms with E-state index >= 15 is 4.57 Å². The van der Waals surface area contributed by atoms with Gasteiger partial charge in [-0.3, -0.25) is 4.57 Å². The first-order chi connectivity index (χ1) is 16.6. The summed E-state index contributed by atoms with van der Waals surface area (Å²) in [7, 11) is -3.41. The van der Waals surface area contributed by atoms with Crippen LogP contribution in [0.4, 0.5) is 11.4 Å². The molecule has 34 heavy (non-hydrogen) atoms. The molecule has 2 aliphatic carbocycles. The summed E-state index contributed by atoms with van der Waals surface area (Å²) in [5, 5.41) is 8.90. The van der Waals surface area contributed by atoms with E-state index in [1.165, 1.54) is 38.5 Å². The van der Waals surface area contributed by atoms with Gasteiger partial charge in [0.05, 0.1) is 16.7 Å². The van der Waals surface area contributed by atoms with Crippen LogP contribution in [-0.4, -0.2) is 22.3 Å². The van der Waals surface area contributed by atoms with Crippen molar-refractivity contribution in [1.82, 2.24) is 10.6 Å². The molecule has 2 N–H and O–H groups in total. The lowest BCUT2D eigenvalue weighted by molar-refractivity contribution is 0.414. The van der Waals surface area contributed by atoms with Gasteiger partial charge in [-0.05, 0) is 74.4 Å². The number of nitrogens with one attached hydrogen (secondary N) is 2. The maximum atomic E-state index is 15.3. The lowest BCUT2D eigenvalue weighted by Gasteiger charge is -2.36. The van der Waals surface area contributed by atoms with Gasteiger partial charge < -0.3 is 10.6 Å². The van der Waals surface area contributed by atoms with Gasteiger partial charge in [0.15, 0.2) is 10.2 Å². The Hall–Kier alpha value is -1.95. The molecule has 2 aromatic rings. The number of fused-ring (bicyclic) bond motifs is 1. The van der Waals surface area contributed by atoms with E-state index in [2.05, 4.69) is 10.6 Å². The van der Waals surface area contributed by atoms with Gasteiger partial charge in [-0.2, -0.15) is 0 Å². The highest BCUT2D eigenvalue weighted by molar-refractivity contribution is 7.86. The molecule has 5 nitrogen and oxygen atoms in total. The van der Waals surface area contributed by atoms with Crippen molar-refractivity contribution in [2.75, 3.05) is 9.34 Å². The van der Waals surface area contributed by atoms with E-state index in [0.29, 0.717) is 22.3 Å². The van der Waals surface area contributed by atoms with Crippen LogP contribution in [0.5, 0.6) is 0 Å². The van der Waals surface area contributed by atoms with Gasteiger partial charge >= 0.3 is 7.44 Å². The Balaban J connectivity index is 1.55. The second kappa shape index (κ2) is 10.3. The average Bonchev–Trinajstić information content (AvgIpc) is 3.15. The third-order valence-electron chi connectivity index (χ3n) is 7.22. The zero-order valence-electron chi connectivity index (χ0n) is 19.5. The molecule has 0 radical (unpaired) electrons. The summed E-state index contributed by atoms with van der Waals surface area (Å²) in [5.74, 6) is 0. The molecule has 2 fully saturated rings. The van der Waals surface area contributed by atoms with Crippen molar-refractivity contribution in [3.63, 3.8) is 0 Å². The minimum absolute atomic E-state index is 0.319. The lowest BCUT2D eigenvalue weighted by atomic mass is 9.96. The molecule has 5 rings (SSSR count). The Morgan fingerprint density at radius 3 is 1.53 bits per heavy atom. The summed E-state index contributed by atoms with van der Waals surface area (Å²) in [4.78, 5) is 0. The van der Waals surface area contributed by atoms with E-state index in [4.69, 9.17) is 24.4 Å². The monoisotopic (exact) mass is 512 g/mol. The predicted molar refractivity (Wildman–Crippen MR) is 150 cm³/mol. The molecule has 1 aliphatic heterocycles. The number of nitrogens with zero attached hydrogens (tertiary/aromatic N) is 2. The predicted octanol–water partition coefficient (Wildman–Crippen LogP) is 6.25. The molecule has 0 bridgehead atoms. The Kier molecular flexibility index (Phi) is 7.24. The van der Waals surface area contributed by atoms with Crippen LogP contribution in [0.15, 0.2) is 54.6 Å². The third-order valence-corrected chi connectivity index (χ3v) is 11.0. The number of para-hydroxylation sites is 2. The fourth-order valence-corrected chi connectivity index (χ4v) is 9.41. The van der Waals surface area contributed by atoms with Crippen LogP contribution in [0.3, 0.4) is 0 Å². The quantitative estimate of drug-likeness (QED) is 0.373. The number of anilines is 2. The van der Waals surface area contributed by atoms with Crippen molar-refractivity contribution in [3.05, 3.63) is 54.6 Å². The van der Waals surface area contributed by atoms with Crippen molar-refractivity contribution in [2.45, 2.75) is 76.3 Å². The van der Waals surface area contributed by atoms with Crippen molar-refractivity contribution >= 4 is 58.8 Å². The third kappa shape index (κ3) is 4.50. The summed E-state index contributed by atoms with van der Waals surface area (Å²) in [6.07, 6.45) is 11.7. The van der Waals surface area contributed by atoms with Gasteiger partial charge in [0, 0.05) is 12.1 Å². The van der Waals surface area contributed by atoms with Crippen LogP contribution in [0.2, 0.25) is 0 Å². The zero-order valence-corrected chi connectivity index (χ0v) is 22.0. The highest BCUT2D eigenvalue weighted by atomic mass is 32.1. The Morgan fingerprint density at radius 2 is 1.09 bits per heavy atom. The molecule has 0 unspecified atom stereocenters. The minimum atomic E-state index is -3.41. The minimum Gasteiger partial charge on any atom is -0.359 e. The number of thiocarbonyl (C=S) groups is 2. The van der Waals surface area contributed by atoms with Gasteiger partial charge in [0.1, 0.15) is 0 Å². The first-order valence-corrected chi connectivity index (χ1v) is 15.0. The average molecular weight is 513 g/mol. The molecule has 180 valence electrons. The van der Waals surface area contributed by atoms with Crippen LogP contribution in [0, 0.1) is 0 Å². The number of benzene rings is 2. The molecule has 0 atom stereocenters. The molecule has 0 aromatic heterocycles. The van der Waals surface area contributed by atoms with Gasteiger partial charge in [-0.25, -0.2) is 9.34 Å². The molecule has 0 saturated heterocycles. The van der Waals surface area contributed by atoms with E-state index < -0.39 is 7.44 Å². The summed E-state index contributed by atoms with van der Waals surface area (Å²) in [6, 6.07) is 18.3. The summed E-state index contributed by atoms with van der Waals surface area (Å²) >= 11 is 11.9. The highest BCUT2D eigenvalue weighted by Crippen LogP contribution is 2.64. The maximum Gasteiger partial charge on any atom is 0.305 e. The Bertz CT molecular complexity index is 1020. The molecule has 0 spiro atoms. The number of rotatable bonds is 3. The molecule has 8 heteroatoms. The number of hydrogen-bond acceptors (Lipinski definition) is 3. The van der Waals surface area contributed by atoms with Gasteiger partial charge in [0.25, 0.3) is 0 Å². The first kappa shape index (κ1) is 23.8. The fourth-order valence-electron chi connectivity index (χ4n) is 5.49. The second-order valence-electron chi connectivity index (χ2n) is 9.56. The van der Waals surface area contributed by atoms with E-state index in [1.807, 2.05) is 63.9 Å². The van der Waals surface area contributed by atoms with Gasteiger partial charge in [0.2, 0.25) is 0 Å². The summed E-state index contributed by atoms with van der Waals surface area (Å²) < 4.78 is 19.0.